The molecule has 1 N–H and O–H groups in total. The van der Waals surface area contributed by atoms with Gasteiger partial charge in [-0.3, -0.25) is 4.21 Å². The van der Waals surface area contributed by atoms with Crippen molar-refractivity contribution in [2.24, 2.45) is 5.41 Å². The molecule has 0 saturated carbocycles. The fourth-order valence-electron chi connectivity index (χ4n) is 1.17. The van der Waals surface area contributed by atoms with Crippen molar-refractivity contribution in [3.8, 4) is 0 Å². The molecule has 80 valence electrons. The van der Waals surface area contributed by atoms with Crippen LogP contribution in [-0.4, -0.2) is 28.8 Å². The lowest BCUT2D eigenvalue weighted by atomic mass is 9.88. The number of nitrogens with one attached hydrogen (secondary N) is 1. The molecule has 0 aromatic carbocycles. The van der Waals surface area contributed by atoms with Crippen molar-refractivity contribution in [2.45, 2.75) is 40.2 Å². The highest BCUT2D eigenvalue weighted by molar-refractivity contribution is 7.84. The summed E-state index contributed by atoms with van der Waals surface area (Å²) in [4.78, 5) is 0. The Morgan fingerprint density at radius 2 is 1.92 bits per heavy atom. The Morgan fingerprint density at radius 3 is 2.23 bits per heavy atom. The Morgan fingerprint density at radius 1 is 1.38 bits per heavy atom. The van der Waals surface area contributed by atoms with Crippen molar-refractivity contribution in [3.05, 3.63) is 0 Å². The van der Waals surface area contributed by atoms with Crippen molar-refractivity contribution in [2.75, 3.05) is 18.6 Å². The minimum atomic E-state index is -0.708. The lowest BCUT2D eigenvalue weighted by molar-refractivity contribution is 0.290. The van der Waals surface area contributed by atoms with Crippen LogP contribution in [0.5, 0.6) is 0 Å². The zero-order valence-electron chi connectivity index (χ0n) is 9.52. The third-order valence-electron chi connectivity index (χ3n) is 2.09. The Bertz CT molecular complexity index is 163. The third-order valence-corrected chi connectivity index (χ3v) is 2.89. The van der Waals surface area contributed by atoms with Gasteiger partial charge in [-0.2, -0.15) is 0 Å². The van der Waals surface area contributed by atoms with E-state index >= 15 is 0 Å². The van der Waals surface area contributed by atoms with Gasteiger partial charge >= 0.3 is 0 Å². The number of hydrogen-bond donors (Lipinski definition) is 1. The van der Waals surface area contributed by atoms with Gasteiger partial charge in [0.25, 0.3) is 0 Å². The molecule has 3 heteroatoms. The summed E-state index contributed by atoms with van der Waals surface area (Å²) in [5.41, 5.74) is 0.195. The first kappa shape index (κ1) is 13.1. The molecule has 0 aliphatic carbocycles. The Balaban J connectivity index is 4.11. The predicted molar refractivity (Wildman–Crippen MR) is 60.5 cm³/mol. The molecule has 2 nitrogen and oxygen atoms in total. The van der Waals surface area contributed by atoms with E-state index in [1.807, 2.05) is 0 Å². The molecule has 0 rings (SSSR count). The first-order valence-corrected chi connectivity index (χ1v) is 6.64. The Kier molecular flexibility index (Phi) is 5.81. The summed E-state index contributed by atoms with van der Waals surface area (Å²) in [5.74, 6) is 0.753. The van der Waals surface area contributed by atoms with Gasteiger partial charge in [-0.1, -0.05) is 27.7 Å². The molecule has 0 fully saturated rings. The summed E-state index contributed by atoms with van der Waals surface area (Å²) in [6.45, 7) is 9.72. The van der Waals surface area contributed by atoms with Gasteiger partial charge in [0.05, 0.1) is 0 Å². The van der Waals surface area contributed by atoms with Gasteiger partial charge in [0.2, 0.25) is 0 Å². The van der Waals surface area contributed by atoms with E-state index in [1.165, 1.54) is 0 Å². The molecule has 2 unspecified atom stereocenters. The van der Waals surface area contributed by atoms with Crippen LogP contribution in [0.4, 0.5) is 0 Å². The minimum absolute atomic E-state index is 0.195. The summed E-state index contributed by atoms with van der Waals surface area (Å²) >= 11 is 0. The van der Waals surface area contributed by atoms with Crippen molar-refractivity contribution in [1.29, 1.82) is 0 Å². The molecule has 0 radical (unpaired) electrons. The highest BCUT2D eigenvalue weighted by Gasteiger charge is 2.24. The van der Waals surface area contributed by atoms with Crippen molar-refractivity contribution in [1.82, 2.24) is 5.32 Å². The molecule has 0 aliphatic heterocycles. The summed E-state index contributed by atoms with van der Waals surface area (Å²) in [7, 11) is -0.708. The lowest BCUT2D eigenvalue weighted by Crippen LogP contribution is -2.44. The highest BCUT2D eigenvalue weighted by atomic mass is 32.2. The zero-order chi connectivity index (χ0) is 10.5. The molecular weight excluding hydrogens is 182 g/mol. The summed E-state index contributed by atoms with van der Waals surface area (Å²) in [5, 5.41) is 3.45. The standard InChI is InChI=1S/C10H23NOS/c1-6-7-11-9(8-13(5)12)10(2,3)4/h9,11H,6-8H2,1-5H3. The topological polar surface area (TPSA) is 29.1 Å². The smallest absolute Gasteiger partial charge is 0.0391 e. The van der Waals surface area contributed by atoms with Crippen LogP contribution in [0.1, 0.15) is 34.1 Å². The van der Waals surface area contributed by atoms with Crippen LogP contribution >= 0.6 is 0 Å². The summed E-state index contributed by atoms with van der Waals surface area (Å²) < 4.78 is 11.1. The second-order valence-electron chi connectivity index (χ2n) is 4.61. The van der Waals surface area contributed by atoms with Gasteiger partial charge in [0.1, 0.15) is 0 Å². The van der Waals surface area contributed by atoms with Crippen LogP contribution in [0, 0.1) is 5.41 Å². The molecule has 0 spiro atoms. The van der Waals surface area contributed by atoms with Crippen LogP contribution in [0.25, 0.3) is 0 Å². The van der Waals surface area contributed by atoms with Gasteiger partial charge < -0.3 is 5.32 Å². The fraction of sp³-hybridized carbons (Fsp3) is 1.00. The van der Waals surface area contributed by atoms with Crippen molar-refractivity contribution in [3.63, 3.8) is 0 Å². The monoisotopic (exact) mass is 205 g/mol. The van der Waals surface area contributed by atoms with Crippen LogP contribution in [0.15, 0.2) is 0 Å². The molecule has 0 aromatic heterocycles. The average Bonchev–Trinajstić information content (AvgIpc) is 1.95. The molecule has 0 aromatic rings. The average molecular weight is 205 g/mol. The predicted octanol–water partition coefficient (Wildman–Crippen LogP) is 1.78. The normalized spacial score (nSPS) is 17.0. The molecule has 0 saturated heterocycles. The van der Waals surface area contributed by atoms with Crippen molar-refractivity contribution >= 4 is 10.8 Å². The van der Waals surface area contributed by atoms with E-state index in [1.54, 1.807) is 6.26 Å². The van der Waals surface area contributed by atoms with E-state index in [-0.39, 0.29) is 5.41 Å². The van der Waals surface area contributed by atoms with E-state index in [2.05, 4.69) is 33.0 Å². The van der Waals surface area contributed by atoms with Gasteiger partial charge in [-0.25, -0.2) is 0 Å². The van der Waals surface area contributed by atoms with E-state index in [0.29, 0.717) is 6.04 Å². The largest absolute Gasteiger partial charge is 0.313 e. The zero-order valence-corrected chi connectivity index (χ0v) is 10.3. The van der Waals surface area contributed by atoms with E-state index in [0.717, 1.165) is 18.7 Å². The summed E-state index contributed by atoms with van der Waals surface area (Å²) in [6.07, 6.45) is 2.90. The fourth-order valence-corrected chi connectivity index (χ4v) is 2.26. The van der Waals surface area contributed by atoms with Gasteiger partial charge in [0.15, 0.2) is 0 Å². The summed E-state index contributed by atoms with van der Waals surface area (Å²) in [6, 6.07) is 0.360. The first-order chi connectivity index (χ1) is 5.88. The van der Waals surface area contributed by atoms with E-state index in [4.69, 9.17) is 0 Å². The van der Waals surface area contributed by atoms with Crippen LogP contribution in [0.3, 0.4) is 0 Å². The quantitative estimate of drug-likeness (QED) is 0.741. The number of hydrogen-bond acceptors (Lipinski definition) is 2. The second kappa shape index (κ2) is 5.76. The molecule has 0 heterocycles. The van der Waals surface area contributed by atoms with Crippen molar-refractivity contribution < 1.29 is 4.21 Å². The lowest BCUT2D eigenvalue weighted by Gasteiger charge is -2.31. The maximum absolute atomic E-state index is 11.1. The van der Waals surface area contributed by atoms with Crippen LogP contribution in [-0.2, 0) is 10.8 Å². The molecule has 0 aliphatic rings. The molecule has 2 atom stereocenters. The third kappa shape index (κ3) is 6.22. The first-order valence-electron chi connectivity index (χ1n) is 4.91. The maximum atomic E-state index is 11.1. The van der Waals surface area contributed by atoms with Crippen LogP contribution < -0.4 is 5.32 Å². The maximum Gasteiger partial charge on any atom is 0.0391 e. The van der Waals surface area contributed by atoms with Gasteiger partial charge in [0, 0.05) is 28.9 Å². The molecule has 13 heavy (non-hydrogen) atoms. The highest BCUT2D eigenvalue weighted by Crippen LogP contribution is 2.19. The molecule has 0 bridgehead atoms. The van der Waals surface area contributed by atoms with E-state index < -0.39 is 10.8 Å². The van der Waals surface area contributed by atoms with Gasteiger partial charge in [-0.15, -0.1) is 0 Å². The molecular formula is C10H23NOS. The molecule has 0 amide bonds. The van der Waals surface area contributed by atoms with E-state index in [9.17, 15) is 4.21 Å². The van der Waals surface area contributed by atoms with Gasteiger partial charge in [-0.05, 0) is 18.4 Å². The van der Waals surface area contributed by atoms with Crippen LogP contribution in [0.2, 0.25) is 0 Å². The minimum Gasteiger partial charge on any atom is -0.313 e. The second-order valence-corrected chi connectivity index (χ2v) is 6.09. The Labute approximate surface area is 84.9 Å². The Hall–Kier alpha value is 0.110. The number of rotatable bonds is 5. The SMILES string of the molecule is CCCNC(CS(C)=O)C(C)(C)C.